The van der Waals surface area contributed by atoms with Gasteiger partial charge in [-0.1, -0.05) is 0 Å². The second-order valence-electron chi connectivity index (χ2n) is 5.01. The van der Waals surface area contributed by atoms with Gasteiger partial charge in [0.25, 0.3) is 0 Å². The topological polar surface area (TPSA) is 47.4 Å². The highest BCUT2D eigenvalue weighted by molar-refractivity contribution is 9.10. The third-order valence-corrected chi connectivity index (χ3v) is 4.04. The van der Waals surface area contributed by atoms with E-state index in [-0.39, 0.29) is 17.4 Å². The molecule has 2 rings (SSSR count). The third kappa shape index (κ3) is 2.07. The van der Waals surface area contributed by atoms with Crippen molar-refractivity contribution in [3.8, 4) is 0 Å². The van der Waals surface area contributed by atoms with Gasteiger partial charge in [-0.3, -0.25) is 9.48 Å². The summed E-state index contributed by atoms with van der Waals surface area (Å²) in [5.41, 5.74) is 0.643. The normalized spacial score (nSPS) is 26.8. The summed E-state index contributed by atoms with van der Waals surface area (Å²) in [7, 11) is 7.16. The Morgan fingerprint density at radius 1 is 1.61 bits per heavy atom. The number of aryl methyl sites for hydroxylation is 1. The summed E-state index contributed by atoms with van der Waals surface area (Å²) in [5.74, 6) is 0.220. The molecule has 1 aliphatic carbocycles. The highest BCUT2D eigenvalue weighted by Crippen LogP contribution is 2.49. The Balaban J connectivity index is 2.17. The number of methoxy groups -OCH3 is 1. The van der Waals surface area contributed by atoms with E-state index in [1.807, 2.05) is 17.8 Å². The number of hydrogen-bond donors (Lipinski definition) is 0. The summed E-state index contributed by atoms with van der Waals surface area (Å²) in [6.07, 6.45) is 1.43. The molecule has 1 aromatic heterocycles. The van der Waals surface area contributed by atoms with Crippen LogP contribution in [0.15, 0.2) is 10.7 Å². The summed E-state index contributed by atoms with van der Waals surface area (Å²) < 4.78 is 8.26. The summed E-state index contributed by atoms with van der Waals surface area (Å²) in [5, 5.41) is 4.27. The maximum Gasteiger partial charge on any atom is 0.225 e. The first-order chi connectivity index (χ1) is 8.39. The lowest BCUT2D eigenvalue weighted by Gasteiger charge is -2.46. The van der Waals surface area contributed by atoms with Crippen LogP contribution in [0.3, 0.4) is 0 Å². The van der Waals surface area contributed by atoms with E-state index in [0.717, 1.165) is 10.3 Å². The predicted molar refractivity (Wildman–Crippen MR) is 71.0 cm³/mol. The van der Waals surface area contributed by atoms with Crippen LogP contribution in [0, 0.1) is 5.92 Å². The molecular weight excluding hydrogens is 298 g/mol. The maximum absolute atomic E-state index is 11.9. The van der Waals surface area contributed by atoms with Crippen molar-refractivity contribution >= 4 is 21.8 Å². The number of carbonyl (C=O) groups is 1. The summed E-state index contributed by atoms with van der Waals surface area (Å²) in [6, 6.07) is 1.96. The SMILES string of the molecule is CO[C@]1(c2cc(Br)nn2C)C[C@H](C(=O)N(C)C)C1. The lowest BCUT2D eigenvalue weighted by atomic mass is 9.68. The molecule has 0 bridgehead atoms. The van der Waals surface area contributed by atoms with Gasteiger partial charge in [0.05, 0.1) is 5.69 Å². The van der Waals surface area contributed by atoms with Crippen LogP contribution in [0.1, 0.15) is 18.5 Å². The zero-order valence-electron chi connectivity index (χ0n) is 11.1. The highest BCUT2D eigenvalue weighted by atomic mass is 79.9. The van der Waals surface area contributed by atoms with E-state index in [1.165, 1.54) is 0 Å². The zero-order valence-corrected chi connectivity index (χ0v) is 12.7. The van der Waals surface area contributed by atoms with Gasteiger partial charge in [0.1, 0.15) is 10.2 Å². The first-order valence-electron chi connectivity index (χ1n) is 5.86. The lowest BCUT2D eigenvalue weighted by molar-refractivity contribution is -0.158. The van der Waals surface area contributed by atoms with E-state index >= 15 is 0 Å². The van der Waals surface area contributed by atoms with Crippen molar-refractivity contribution in [2.75, 3.05) is 21.2 Å². The number of ether oxygens (including phenoxy) is 1. The fourth-order valence-corrected chi connectivity index (χ4v) is 3.07. The molecule has 1 aromatic rings. The van der Waals surface area contributed by atoms with Crippen molar-refractivity contribution in [3.63, 3.8) is 0 Å². The summed E-state index contributed by atoms with van der Waals surface area (Å²) in [4.78, 5) is 13.5. The van der Waals surface area contributed by atoms with Gasteiger partial charge in [-0.05, 0) is 34.8 Å². The minimum Gasteiger partial charge on any atom is -0.372 e. The molecule has 0 unspecified atom stereocenters. The Kier molecular flexibility index (Phi) is 3.51. The number of halogens is 1. The smallest absolute Gasteiger partial charge is 0.225 e. The van der Waals surface area contributed by atoms with Crippen LogP contribution < -0.4 is 0 Å². The number of hydrogen-bond acceptors (Lipinski definition) is 3. The number of aromatic nitrogens is 2. The standard InChI is InChI=1S/C12H18BrN3O2/c1-15(2)11(17)8-6-12(7-8,18-4)9-5-10(13)14-16(9)3/h5,8H,6-7H2,1-4H3/t8-,12+. The van der Waals surface area contributed by atoms with Crippen LogP contribution in [0.4, 0.5) is 0 Å². The van der Waals surface area contributed by atoms with Gasteiger partial charge in [-0.15, -0.1) is 0 Å². The maximum atomic E-state index is 11.9. The van der Waals surface area contributed by atoms with E-state index in [2.05, 4.69) is 21.0 Å². The molecule has 0 atom stereocenters. The molecule has 1 fully saturated rings. The minimum absolute atomic E-state index is 0.0497. The molecule has 18 heavy (non-hydrogen) atoms. The van der Waals surface area contributed by atoms with Crippen molar-refractivity contribution in [2.45, 2.75) is 18.4 Å². The minimum atomic E-state index is -0.371. The molecule has 100 valence electrons. The average molecular weight is 316 g/mol. The number of rotatable bonds is 3. The predicted octanol–water partition coefficient (Wildman–Crippen LogP) is 1.52. The molecular formula is C12H18BrN3O2. The van der Waals surface area contributed by atoms with Crippen LogP contribution in [0.25, 0.3) is 0 Å². The first-order valence-corrected chi connectivity index (χ1v) is 6.65. The van der Waals surface area contributed by atoms with Gasteiger partial charge in [0.2, 0.25) is 5.91 Å². The number of amides is 1. The Morgan fingerprint density at radius 2 is 2.22 bits per heavy atom. The average Bonchev–Trinajstić information content (AvgIpc) is 2.57. The van der Waals surface area contributed by atoms with Crippen LogP contribution >= 0.6 is 15.9 Å². The van der Waals surface area contributed by atoms with Gasteiger partial charge in [0.15, 0.2) is 0 Å². The summed E-state index contributed by atoms with van der Waals surface area (Å²) in [6.45, 7) is 0. The van der Waals surface area contributed by atoms with Gasteiger partial charge in [0, 0.05) is 34.2 Å². The quantitative estimate of drug-likeness (QED) is 0.849. The summed E-state index contributed by atoms with van der Waals surface area (Å²) >= 11 is 3.36. The Hall–Kier alpha value is -0.880. The van der Waals surface area contributed by atoms with E-state index < -0.39 is 0 Å². The van der Waals surface area contributed by atoms with E-state index in [9.17, 15) is 4.79 Å². The number of nitrogens with zero attached hydrogens (tertiary/aromatic N) is 3. The first kappa shape index (κ1) is 13.5. The van der Waals surface area contributed by atoms with Gasteiger partial charge < -0.3 is 9.64 Å². The van der Waals surface area contributed by atoms with Crippen LogP contribution in [0.2, 0.25) is 0 Å². The molecule has 1 amide bonds. The van der Waals surface area contributed by atoms with Crippen molar-refractivity contribution in [1.82, 2.24) is 14.7 Å². The largest absolute Gasteiger partial charge is 0.372 e. The van der Waals surface area contributed by atoms with Crippen LogP contribution in [-0.2, 0) is 22.2 Å². The fourth-order valence-electron chi connectivity index (χ4n) is 2.62. The fraction of sp³-hybridized carbons (Fsp3) is 0.667. The molecule has 0 saturated heterocycles. The number of carbonyl (C=O) groups excluding carboxylic acids is 1. The van der Waals surface area contributed by atoms with Crippen LogP contribution in [0.5, 0.6) is 0 Å². The van der Waals surface area contributed by atoms with E-state index in [1.54, 1.807) is 26.1 Å². The highest BCUT2D eigenvalue weighted by Gasteiger charge is 2.51. The monoisotopic (exact) mass is 315 g/mol. The Labute approximate surface area is 115 Å². The molecule has 1 aliphatic rings. The van der Waals surface area contributed by atoms with E-state index in [0.29, 0.717) is 12.8 Å². The molecule has 0 aromatic carbocycles. The second-order valence-corrected chi connectivity index (χ2v) is 5.82. The molecule has 1 saturated carbocycles. The third-order valence-electron chi connectivity index (χ3n) is 3.65. The van der Waals surface area contributed by atoms with Crippen molar-refractivity contribution < 1.29 is 9.53 Å². The molecule has 5 nitrogen and oxygen atoms in total. The molecule has 0 radical (unpaired) electrons. The van der Waals surface area contributed by atoms with Crippen LogP contribution in [-0.4, -0.2) is 41.8 Å². The van der Waals surface area contributed by atoms with E-state index in [4.69, 9.17) is 4.74 Å². The van der Waals surface area contributed by atoms with Gasteiger partial charge >= 0.3 is 0 Å². The van der Waals surface area contributed by atoms with Gasteiger partial charge in [-0.2, -0.15) is 5.10 Å². The molecule has 1 heterocycles. The molecule has 0 spiro atoms. The van der Waals surface area contributed by atoms with Crippen molar-refractivity contribution in [3.05, 3.63) is 16.4 Å². The Morgan fingerprint density at radius 3 is 2.61 bits per heavy atom. The Bertz CT molecular complexity index is 464. The van der Waals surface area contributed by atoms with Gasteiger partial charge in [-0.25, -0.2) is 0 Å². The second kappa shape index (κ2) is 4.66. The molecule has 0 N–H and O–H groups in total. The molecule has 0 aliphatic heterocycles. The lowest BCUT2D eigenvalue weighted by Crippen LogP contribution is -2.49. The molecule has 6 heteroatoms. The zero-order chi connectivity index (χ0) is 13.5. The van der Waals surface area contributed by atoms with Crippen molar-refractivity contribution in [1.29, 1.82) is 0 Å². The van der Waals surface area contributed by atoms with Crippen molar-refractivity contribution in [2.24, 2.45) is 13.0 Å².